The van der Waals surface area contributed by atoms with Crippen LogP contribution in [0.4, 0.5) is 0 Å². The van der Waals surface area contributed by atoms with Crippen LogP contribution >= 0.6 is 31.9 Å². The van der Waals surface area contributed by atoms with Crippen molar-refractivity contribution in [3.63, 3.8) is 0 Å². The molecule has 0 heterocycles. The molecular weight excluding hydrogens is 354 g/mol. The third-order valence-electron chi connectivity index (χ3n) is 4.80. The third kappa shape index (κ3) is 2.54. The van der Waals surface area contributed by atoms with Crippen LogP contribution < -0.4 is 5.73 Å². The van der Waals surface area contributed by atoms with Gasteiger partial charge in [-0.05, 0) is 61.1 Å². The molecule has 1 aromatic rings. The van der Waals surface area contributed by atoms with Crippen LogP contribution in [0.25, 0.3) is 0 Å². The highest BCUT2D eigenvalue weighted by molar-refractivity contribution is 9.11. The Hall–Kier alpha value is 0.140. The van der Waals surface area contributed by atoms with Gasteiger partial charge in [0, 0.05) is 15.0 Å². The molecule has 0 amide bonds. The van der Waals surface area contributed by atoms with E-state index in [-0.39, 0.29) is 6.04 Å². The third-order valence-corrected chi connectivity index (χ3v) is 5.98. The summed E-state index contributed by atoms with van der Waals surface area (Å²) in [4.78, 5) is 0. The summed E-state index contributed by atoms with van der Waals surface area (Å²) < 4.78 is 2.23. The minimum absolute atomic E-state index is 0.178. The van der Waals surface area contributed by atoms with E-state index in [9.17, 15) is 0 Å². The van der Waals surface area contributed by atoms with Crippen molar-refractivity contribution >= 4 is 31.9 Å². The Balaban J connectivity index is 1.69. The Morgan fingerprint density at radius 1 is 1.22 bits per heavy atom. The molecule has 4 unspecified atom stereocenters. The van der Waals surface area contributed by atoms with Crippen LogP contribution in [0.5, 0.6) is 0 Å². The van der Waals surface area contributed by atoms with Crippen LogP contribution in [-0.4, -0.2) is 0 Å². The van der Waals surface area contributed by atoms with E-state index in [1.165, 1.54) is 31.2 Å². The molecule has 2 aliphatic rings. The zero-order valence-electron chi connectivity index (χ0n) is 10.4. The molecule has 2 bridgehead atoms. The highest BCUT2D eigenvalue weighted by atomic mass is 79.9. The van der Waals surface area contributed by atoms with Gasteiger partial charge in [0.1, 0.15) is 0 Å². The first-order valence-electron chi connectivity index (χ1n) is 6.84. The van der Waals surface area contributed by atoms with Crippen LogP contribution in [0.1, 0.15) is 43.7 Å². The highest BCUT2D eigenvalue weighted by Gasteiger charge is 2.39. The Morgan fingerprint density at radius 3 is 2.67 bits per heavy atom. The van der Waals surface area contributed by atoms with E-state index in [4.69, 9.17) is 5.73 Å². The molecule has 3 rings (SSSR count). The number of halogens is 2. The number of nitrogens with two attached hydrogens (primary N) is 1. The van der Waals surface area contributed by atoms with Gasteiger partial charge < -0.3 is 5.73 Å². The molecule has 0 saturated heterocycles. The fourth-order valence-electron chi connectivity index (χ4n) is 3.92. The van der Waals surface area contributed by atoms with Gasteiger partial charge in [-0.3, -0.25) is 0 Å². The van der Waals surface area contributed by atoms with Crippen LogP contribution in [0.2, 0.25) is 0 Å². The van der Waals surface area contributed by atoms with E-state index >= 15 is 0 Å². The minimum atomic E-state index is 0.178. The van der Waals surface area contributed by atoms with Crippen molar-refractivity contribution in [1.29, 1.82) is 0 Å². The Morgan fingerprint density at radius 2 is 2.06 bits per heavy atom. The van der Waals surface area contributed by atoms with Gasteiger partial charge in [0.05, 0.1) is 0 Å². The summed E-state index contributed by atoms with van der Waals surface area (Å²) in [5, 5.41) is 0. The molecule has 98 valence electrons. The van der Waals surface area contributed by atoms with Gasteiger partial charge in [-0.25, -0.2) is 0 Å². The summed E-state index contributed by atoms with van der Waals surface area (Å²) in [5.41, 5.74) is 7.66. The maximum absolute atomic E-state index is 6.41. The van der Waals surface area contributed by atoms with Crippen LogP contribution in [0, 0.1) is 17.8 Å². The monoisotopic (exact) mass is 371 g/mol. The quantitative estimate of drug-likeness (QED) is 0.790. The normalized spacial score (nSPS) is 31.8. The number of rotatable bonds is 3. The van der Waals surface area contributed by atoms with Crippen LogP contribution in [-0.2, 0) is 0 Å². The Labute approximate surface area is 126 Å². The van der Waals surface area contributed by atoms with Gasteiger partial charge in [-0.1, -0.05) is 44.3 Å². The smallest absolute Gasteiger partial charge is 0.0308 e. The van der Waals surface area contributed by atoms with E-state index < -0.39 is 0 Å². The largest absolute Gasteiger partial charge is 0.324 e. The molecule has 4 atom stereocenters. The zero-order valence-corrected chi connectivity index (χ0v) is 13.6. The van der Waals surface area contributed by atoms with E-state index in [2.05, 4.69) is 50.1 Å². The van der Waals surface area contributed by atoms with Crippen molar-refractivity contribution in [2.24, 2.45) is 23.5 Å². The first-order valence-corrected chi connectivity index (χ1v) is 8.42. The fraction of sp³-hybridized carbons (Fsp3) is 0.600. The van der Waals surface area contributed by atoms with Crippen molar-refractivity contribution in [3.05, 3.63) is 32.7 Å². The minimum Gasteiger partial charge on any atom is -0.324 e. The van der Waals surface area contributed by atoms with Gasteiger partial charge >= 0.3 is 0 Å². The standard InChI is InChI=1S/C15H19Br2N/c16-12-3-4-13(14(17)8-12)15(18)7-11-6-9-1-2-10(11)5-9/h3-4,8-11,15H,1-2,5-7,18H2. The van der Waals surface area contributed by atoms with E-state index in [0.717, 1.165) is 33.1 Å². The maximum Gasteiger partial charge on any atom is 0.0308 e. The first-order chi connectivity index (χ1) is 8.63. The second-order valence-corrected chi connectivity index (χ2v) is 7.71. The van der Waals surface area contributed by atoms with E-state index in [0.29, 0.717) is 0 Å². The van der Waals surface area contributed by atoms with Crippen LogP contribution in [0.3, 0.4) is 0 Å². The van der Waals surface area contributed by atoms with Gasteiger partial charge in [0.15, 0.2) is 0 Å². The molecule has 1 aromatic carbocycles. The molecule has 2 fully saturated rings. The molecule has 2 saturated carbocycles. The molecule has 2 N–H and O–H groups in total. The SMILES string of the molecule is NC(CC1CC2CCC1C2)c1ccc(Br)cc1Br. The summed E-state index contributed by atoms with van der Waals surface area (Å²) in [6.45, 7) is 0. The molecule has 0 aromatic heterocycles. The zero-order chi connectivity index (χ0) is 12.7. The summed E-state index contributed by atoms with van der Waals surface area (Å²) in [5.74, 6) is 2.85. The van der Waals surface area contributed by atoms with Gasteiger partial charge in [0.25, 0.3) is 0 Å². The van der Waals surface area contributed by atoms with Crippen molar-refractivity contribution < 1.29 is 0 Å². The Bertz CT molecular complexity index is 446. The van der Waals surface area contributed by atoms with Crippen molar-refractivity contribution in [2.45, 2.75) is 38.1 Å². The second kappa shape index (κ2) is 5.26. The predicted octanol–water partition coefficient (Wildman–Crippen LogP) is 5.04. The highest BCUT2D eigenvalue weighted by Crippen LogP contribution is 2.50. The summed E-state index contributed by atoms with van der Waals surface area (Å²) in [6, 6.07) is 6.50. The molecule has 2 aliphatic carbocycles. The molecule has 18 heavy (non-hydrogen) atoms. The second-order valence-electron chi connectivity index (χ2n) is 5.94. The van der Waals surface area contributed by atoms with Gasteiger partial charge in [0.2, 0.25) is 0 Å². The number of benzene rings is 1. The number of fused-ring (bicyclic) bond motifs is 2. The lowest BCUT2D eigenvalue weighted by molar-refractivity contribution is 0.296. The summed E-state index contributed by atoms with van der Waals surface area (Å²) in [6.07, 6.45) is 6.97. The Kier molecular flexibility index (Phi) is 3.84. The van der Waals surface area contributed by atoms with Crippen LogP contribution in [0.15, 0.2) is 27.1 Å². The molecule has 1 nitrogen and oxygen atoms in total. The topological polar surface area (TPSA) is 26.0 Å². The molecule has 0 aliphatic heterocycles. The number of hydrogen-bond donors (Lipinski definition) is 1. The summed E-state index contributed by atoms with van der Waals surface area (Å²) >= 11 is 7.12. The predicted molar refractivity (Wildman–Crippen MR) is 82.3 cm³/mol. The van der Waals surface area contributed by atoms with E-state index in [1.54, 1.807) is 0 Å². The first kappa shape index (κ1) is 13.1. The molecule has 0 radical (unpaired) electrons. The van der Waals surface area contributed by atoms with E-state index in [1.807, 2.05) is 0 Å². The summed E-state index contributed by atoms with van der Waals surface area (Å²) in [7, 11) is 0. The van der Waals surface area contributed by atoms with Crippen molar-refractivity contribution in [3.8, 4) is 0 Å². The fourth-order valence-corrected chi connectivity index (χ4v) is 5.26. The molecule has 0 spiro atoms. The lowest BCUT2D eigenvalue weighted by Crippen LogP contribution is -2.19. The average Bonchev–Trinajstić information content (AvgIpc) is 2.90. The van der Waals surface area contributed by atoms with Crippen molar-refractivity contribution in [2.75, 3.05) is 0 Å². The molecular formula is C15H19Br2N. The van der Waals surface area contributed by atoms with Gasteiger partial charge in [-0.15, -0.1) is 0 Å². The lowest BCUT2D eigenvalue weighted by Gasteiger charge is -2.25. The lowest BCUT2D eigenvalue weighted by atomic mass is 9.83. The average molecular weight is 373 g/mol. The van der Waals surface area contributed by atoms with Crippen molar-refractivity contribution in [1.82, 2.24) is 0 Å². The number of hydrogen-bond acceptors (Lipinski definition) is 1. The molecule has 3 heteroatoms. The van der Waals surface area contributed by atoms with Gasteiger partial charge in [-0.2, -0.15) is 0 Å². The maximum atomic E-state index is 6.41.